The van der Waals surface area contributed by atoms with E-state index in [0.29, 0.717) is 0 Å². The lowest BCUT2D eigenvalue weighted by molar-refractivity contribution is 0.637. The van der Waals surface area contributed by atoms with Gasteiger partial charge in [-0.2, -0.15) is 10.5 Å². The normalized spacial score (nSPS) is 10.5. The number of nitrogens with two attached hydrogens (primary N) is 1. The maximum absolute atomic E-state index is 14.7. The van der Waals surface area contributed by atoms with Crippen LogP contribution in [0.5, 0.6) is 0 Å². The van der Waals surface area contributed by atoms with Gasteiger partial charge >= 0.3 is 0 Å². The molecule has 2 N–H and O–H groups in total. The van der Waals surface area contributed by atoms with E-state index in [1.165, 1.54) is 29.6 Å². The largest absolute Gasteiger partial charge is 0.382 e. The van der Waals surface area contributed by atoms with Crippen molar-refractivity contribution in [2.75, 3.05) is 17.2 Å². The van der Waals surface area contributed by atoms with Crippen LogP contribution >= 0.6 is 0 Å². The molecule has 0 bridgehead atoms. The van der Waals surface area contributed by atoms with E-state index in [2.05, 4.69) is 21.0 Å². The van der Waals surface area contributed by atoms with Crippen molar-refractivity contribution in [3.8, 4) is 18.0 Å². The molecule has 9 nitrogen and oxygen atoms in total. The summed E-state index contributed by atoms with van der Waals surface area (Å²) < 4.78 is 15.9. The number of hydrogen-bond donors (Lipinski definition) is 1. The third-order valence-electron chi connectivity index (χ3n) is 4.92. The molecule has 0 fully saturated rings. The second kappa shape index (κ2) is 8.13. The molecule has 0 radical (unpaired) electrons. The summed E-state index contributed by atoms with van der Waals surface area (Å²) in [5.74, 6) is -0.432. The van der Waals surface area contributed by atoms with Crippen LogP contribution in [0.2, 0.25) is 0 Å². The highest BCUT2D eigenvalue weighted by molar-refractivity contribution is 5.93. The second-order valence-electron chi connectivity index (χ2n) is 6.61. The van der Waals surface area contributed by atoms with Crippen LogP contribution in [0.1, 0.15) is 18.1 Å². The summed E-state index contributed by atoms with van der Waals surface area (Å²) in [6.45, 7) is 1.95. The Morgan fingerprint density at radius 2 is 1.88 bits per heavy atom. The summed E-state index contributed by atoms with van der Waals surface area (Å²) >= 11 is 0. The van der Waals surface area contributed by atoms with Crippen molar-refractivity contribution in [3.63, 3.8) is 0 Å². The molecule has 3 heterocycles. The molecule has 4 aromatic rings. The van der Waals surface area contributed by atoms with Crippen molar-refractivity contribution in [3.05, 3.63) is 76.2 Å². The summed E-state index contributed by atoms with van der Waals surface area (Å²) in [7, 11) is 0. The van der Waals surface area contributed by atoms with E-state index in [1.54, 1.807) is 25.1 Å². The second-order valence-corrected chi connectivity index (χ2v) is 6.61. The molecular formula is C22H15FN8O. The summed E-state index contributed by atoms with van der Waals surface area (Å²) in [6.07, 6.45) is 2.66. The maximum Gasteiger partial charge on any atom is 0.268 e. The lowest BCUT2D eigenvalue weighted by Gasteiger charge is -2.27. The summed E-state index contributed by atoms with van der Waals surface area (Å²) in [5.41, 5.74) is 5.17. The Balaban J connectivity index is 2.23. The van der Waals surface area contributed by atoms with Crippen LogP contribution in [0.3, 0.4) is 0 Å². The van der Waals surface area contributed by atoms with Gasteiger partial charge in [-0.1, -0.05) is 18.2 Å². The van der Waals surface area contributed by atoms with Crippen LogP contribution in [0.25, 0.3) is 16.6 Å². The average Bonchev–Trinajstić information content (AvgIpc) is 2.80. The van der Waals surface area contributed by atoms with Crippen molar-refractivity contribution in [2.45, 2.75) is 6.92 Å². The number of nitrogens with zero attached hydrogens (tertiary/aromatic N) is 7. The zero-order chi connectivity index (χ0) is 22.8. The van der Waals surface area contributed by atoms with E-state index in [0.717, 1.165) is 10.6 Å². The third-order valence-corrected chi connectivity index (χ3v) is 4.92. The van der Waals surface area contributed by atoms with Crippen molar-refractivity contribution in [1.29, 1.82) is 10.5 Å². The molecule has 0 aliphatic carbocycles. The highest BCUT2D eigenvalue weighted by atomic mass is 19.1. The first kappa shape index (κ1) is 20.4. The van der Waals surface area contributed by atoms with Gasteiger partial charge in [-0.25, -0.2) is 23.9 Å². The molecule has 0 spiro atoms. The Bertz CT molecular complexity index is 1480. The molecule has 156 valence electrons. The van der Waals surface area contributed by atoms with E-state index in [1.807, 2.05) is 6.07 Å². The number of pyridine rings is 2. The van der Waals surface area contributed by atoms with Crippen molar-refractivity contribution < 1.29 is 4.39 Å². The SMILES string of the molecule is CCN(c1ncnc(N)c1C#N)c1c(C#N)c2cccc(F)c2c(=O)n1-c1ccccn1. The minimum absolute atomic E-state index is 0.0161. The Hall–Kier alpha value is -4.83. The fourth-order valence-corrected chi connectivity index (χ4v) is 3.56. The Morgan fingerprint density at radius 3 is 2.53 bits per heavy atom. The van der Waals surface area contributed by atoms with Gasteiger partial charge in [0.2, 0.25) is 0 Å². The van der Waals surface area contributed by atoms with Crippen molar-refractivity contribution in [1.82, 2.24) is 19.5 Å². The van der Waals surface area contributed by atoms with Gasteiger partial charge in [0.25, 0.3) is 5.56 Å². The Kier molecular flexibility index (Phi) is 5.19. The number of nitrogen functional groups attached to an aromatic ring is 1. The highest BCUT2D eigenvalue weighted by Gasteiger charge is 2.27. The zero-order valence-corrected chi connectivity index (χ0v) is 16.8. The zero-order valence-electron chi connectivity index (χ0n) is 16.8. The van der Waals surface area contributed by atoms with Crippen LogP contribution in [0.15, 0.2) is 53.7 Å². The van der Waals surface area contributed by atoms with E-state index < -0.39 is 11.4 Å². The van der Waals surface area contributed by atoms with Crippen LogP contribution in [0, 0.1) is 28.5 Å². The topological polar surface area (TPSA) is 138 Å². The van der Waals surface area contributed by atoms with Crippen molar-refractivity contribution >= 4 is 28.2 Å². The fourth-order valence-electron chi connectivity index (χ4n) is 3.56. The van der Waals surface area contributed by atoms with Crippen LogP contribution in [-0.4, -0.2) is 26.1 Å². The summed E-state index contributed by atoms with van der Waals surface area (Å²) in [4.78, 5) is 27.3. The number of benzene rings is 1. The predicted octanol–water partition coefficient (Wildman–Crippen LogP) is 2.80. The number of aromatic nitrogens is 4. The summed E-state index contributed by atoms with van der Waals surface area (Å²) in [5, 5.41) is 19.6. The standard InChI is InChI=1S/C22H15FN8O/c1-2-30(20-15(11-25)19(26)28-12-29-20)21-14(10-24)13-6-5-7-16(23)18(13)22(32)31(21)17-8-3-4-9-27-17/h3-9,12H,2H2,1H3,(H2,26,28,29). The first-order valence-corrected chi connectivity index (χ1v) is 9.50. The number of fused-ring (bicyclic) bond motifs is 1. The first-order valence-electron chi connectivity index (χ1n) is 9.50. The molecule has 0 aliphatic heterocycles. The monoisotopic (exact) mass is 426 g/mol. The van der Waals surface area contributed by atoms with Gasteiger partial charge in [-0.3, -0.25) is 4.79 Å². The first-order chi connectivity index (χ1) is 15.5. The molecule has 4 rings (SSSR count). The maximum atomic E-state index is 14.7. The molecule has 0 saturated carbocycles. The van der Waals surface area contributed by atoms with Crippen molar-refractivity contribution in [2.24, 2.45) is 0 Å². The Morgan fingerprint density at radius 1 is 1.09 bits per heavy atom. The Labute approximate surface area is 181 Å². The smallest absolute Gasteiger partial charge is 0.268 e. The molecule has 0 amide bonds. The molecule has 0 unspecified atom stereocenters. The van der Waals surface area contributed by atoms with Gasteiger partial charge in [-0.05, 0) is 25.1 Å². The number of nitriles is 2. The van der Waals surface area contributed by atoms with E-state index in [9.17, 15) is 19.7 Å². The van der Waals surface area contributed by atoms with Crippen LogP contribution < -0.4 is 16.2 Å². The van der Waals surface area contributed by atoms with E-state index in [4.69, 9.17) is 5.73 Å². The molecule has 1 aromatic carbocycles. The number of anilines is 3. The highest BCUT2D eigenvalue weighted by Crippen LogP contribution is 2.34. The molecular weight excluding hydrogens is 411 g/mol. The van der Waals surface area contributed by atoms with Gasteiger partial charge < -0.3 is 10.6 Å². The van der Waals surface area contributed by atoms with Gasteiger partial charge in [0, 0.05) is 18.1 Å². The fraction of sp³-hybridized carbons (Fsp3) is 0.0909. The number of hydrogen-bond acceptors (Lipinski definition) is 8. The molecule has 32 heavy (non-hydrogen) atoms. The average molecular weight is 426 g/mol. The number of rotatable bonds is 4. The quantitative estimate of drug-likeness (QED) is 0.526. The van der Waals surface area contributed by atoms with Gasteiger partial charge in [0.15, 0.2) is 5.82 Å². The molecule has 0 atom stereocenters. The molecule has 0 aliphatic rings. The summed E-state index contributed by atoms with van der Waals surface area (Å²) in [6, 6.07) is 13.0. The van der Waals surface area contributed by atoms with E-state index >= 15 is 0 Å². The molecule has 3 aromatic heterocycles. The van der Waals surface area contributed by atoms with Crippen LogP contribution in [-0.2, 0) is 0 Å². The van der Waals surface area contributed by atoms with Gasteiger partial charge in [0.05, 0.1) is 5.39 Å². The number of halogens is 1. The predicted molar refractivity (Wildman–Crippen MR) is 116 cm³/mol. The molecule has 0 saturated heterocycles. The minimum atomic E-state index is -0.757. The third kappa shape index (κ3) is 3.07. The molecule has 10 heteroatoms. The van der Waals surface area contributed by atoms with E-state index in [-0.39, 0.29) is 51.7 Å². The lowest BCUT2D eigenvalue weighted by Crippen LogP contribution is -2.31. The van der Waals surface area contributed by atoms with Crippen LogP contribution in [0.4, 0.5) is 21.8 Å². The minimum Gasteiger partial charge on any atom is -0.382 e. The lowest BCUT2D eigenvalue weighted by atomic mass is 10.1. The van der Waals surface area contributed by atoms with Gasteiger partial charge in [0.1, 0.15) is 52.9 Å². The van der Waals surface area contributed by atoms with Gasteiger partial charge in [-0.15, -0.1) is 0 Å².